The molecule has 0 aliphatic heterocycles. The lowest BCUT2D eigenvalue weighted by molar-refractivity contribution is 0.0564. The molecule has 0 spiro atoms. The van der Waals surface area contributed by atoms with E-state index < -0.39 is 6.10 Å². The zero-order valence-electron chi connectivity index (χ0n) is 20.4. The third kappa shape index (κ3) is 8.70. The van der Waals surface area contributed by atoms with Crippen molar-refractivity contribution >= 4 is 5.78 Å². The van der Waals surface area contributed by atoms with Crippen molar-refractivity contribution in [2.45, 2.75) is 99.0 Å². The molecule has 0 bridgehead atoms. The highest BCUT2D eigenvalue weighted by Crippen LogP contribution is 2.30. The topological polar surface area (TPSA) is 26.3 Å². The van der Waals surface area contributed by atoms with Crippen LogP contribution in [0.15, 0.2) is 41.5 Å². The van der Waals surface area contributed by atoms with Crippen LogP contribution in [-0.4, -0.2) is 18.5 Å². The molecular weight excluding hydrogens is 356 g/mol. The molecule has 1 unspecified atom stereocenters. The summed E-state index contributed by atoms with van der Waals surface area (Å²) in [5.41, 5.74) is 5.76. The van der Waals surface area contributed by atoms with Gasteiger partial charge in [0, 0.05) is 5.56 Å². The number of carbonyl (C=O) groups is 1. The molecule has 0 aliphatic carbocycles. The van der Waals surface area contributed by atoms with Crippen LogP contribution in [0.2, 0.25) is 0 Å². The van der Waals surface area contributed by atoms with Gasteiger partial charge in [0.05, 0.1) is 6.61 Å². The van der Waals surface area contributed by atoms with Crippen LogP contribution in [0.4, 0.5) is 0 Å². The predicted molar refractivity (Wildman–Crippen MR) is 126 cm³/mol. The Bertz CT molecular complexity index is 715. The lowest BCUT2D eigenvalue weighted by Gasteiger charge is -2.26. The van der Waals surface area contributed by atoms with Crippen molar-refractivity contribution in [3.8, 4) is 0 Å². The van der Waals surface area contributed by atoms with Crippen molar-refractivity contribution in [3.05, 3.63) is 58.2 Å². The highest BCUT2D eigenvalue weighted by atomic mass is 16.5. The number of ketones is 1. The highest BCUT2D eigenvalue weighted by molar-refractivity contribution is 5.99. The van der Waals surface area contributed by atoms with Gasteiger partial charge in [-0.1, -0.05) is 70.9 Å². The minimum atomic E-state index is -0.458. The molecule has 0 saturated heterocycles. The average Bonchev–Trinajstić information content (AvgIpc) is 2.58. The molecule has 0 radical (unpaired) electrons. The normalized spacial score (nSPS) is 13.9. The molecule has 1 aromatic carbocycles. The van der Waals surface area contributed by atoms with Gasteiger partial charge in [-0.3, -0.25) is 4.79 Å². The maximum atomic E-state index is 13.1. The van der Waals surface area contributed by atoms with Crippen molar-refractivity contribution in [3.63, 3.8) is 0 Å². The second kappa shape index (κ2) is 10.4. The fourth-order valence-electron chi connectivity index (χ4n) is 2.97. The van der Waals surface area contributed by atoms with E-state index in [0.29, 0.717) is 6.61 Å². The fourth-order valence-corrected chi connectivity index (χ4v) is 2.97. The molecule has 0 aliphatic rings. The van der Waals surface area contributed by atoms with Crippen LogP contribution in [0.3, 0.4) is 0 Å². The van der Waals surface area contributed by atoms with E-state index in [9.17, 15) is 4.79 Å². The number of Topliss-reactive ketones (excluding diaryl/α,β-unsaturated/α-hetero) is 1. The van der Waals surface area contributed by atoms with Crippen LogP contribution in [0.1, 0.15) is 104 Å². The molecule has 162 valence electrons. The third-order valence-electron chi connectivity index (χ3n) is 5.19. The SMILES string of the molecule is CC(C)=CCC/C(C)=C/COC(C)C(=O)c1cc(C(C)(C)C)cc(C(C)(C)C)c1. The van der Waals surface area contributed by atoms with Gasteiger partial charge in [-0.15, -0.1) is 0 Å². The van der Waals surface area contributed by atoms with Crippen LogP contribution in [0, 0.1) is 0 Å². The monoisotopic (exact) mass is 398 g/mol. The summed E-state index contributed by atoms with van der Waals surface area (Å²) in [5, 5.41) is 0. The average molecular weight is 399 g/mol. The van der Waals surface area contributed by atoms with E-state index in [-0.39, 0.29) is 16.6 Å². The molecule has 2 nitrogen and oxygen atoms in total. The molecule has 0 fully saturated rings. The second-order valence-corrected chi connectivity index (χ2v) is 10.5. The smallest absolute Gasteiger partial charge is 0.191 e. The standard InChI is InChI=1S/C27H42O2/c1-19(2)12-11-13-20(3)14-15-29-21(4)25(28)22-16-23(26(5,6)7)18-24(17-22)27(8,9)10/h12,14,16-18,21H,11,13,15H2,1-10H3/b20-14+. The van der Waals surface area contributed by atoms with Gasteiger partial charge in [-0.25, -0.2) is 0 Å². The van der Waals surface area contributed by atoms with Gasteiger partial charge in [-0.2, -0.15) is 0 Å². The van der Waals surface area contributed by atoms with Crippen LogP contribution < -0.4 is 0 Å². The Kier molecular flexibility index (Phi) is 9.09. The van der Waals surface area contributed by atoms with E-state index in [1.807, 2.05) is 19.1 Å². The summed E-state index contributed by atoms with van der Waals surface area (Å²) < 4.78 is 5.87. The zero-order chi connectivity index (χ0) is 22.4. The summed E-state index contributed by atoms with van der Waals surface area (Å²) >= 11 is 0. The van der Waals surface area contributed by atoms with Gasteiger partial charge in [0.1, 0.15) is 6.10 Å². The van der Waals surface area contributed by atoms with E-state index in [0.717, 1.165) is 18.4 Å². The number of rotatable bonds is 8. The Morgan fingerprint density at radius 3 is 1.90 bits per heavy atom. The van der Waals surface area contributed by atoms with Gasteiger partial charge >= 0.3 is 0 Å². The molecule has 1 atom stereocenters. The first kappa shape index (κ1) is 25.4. The molecule has 2 heteroatoms. The van der Waals surface area contributed by atoms with Gasteiger partial charge in [0.25, 0.3) is 0 Å². The van der Waals surface area contributed by atoms with E-state index in [1.54, 1.807) is 0 Å². The number of allylic oxidation sites excluding steroid dienone is 3. The molecule has 0 aromatic heterocycles. The van der Waals surface area contributed by atoms with E-state index in [2.05, 4.69) is 80.5 Å². The summed E-state index contributed by atoms with van der Waals surface area (Å²) in [4.78, 5) is 13.1. The van der Waals surface area contributed by atoms with Crippen molar-refractivity contribution in [2.24, 2.45) is 0 Å². The Morgan fingerprint density at radius 2 is 1.45 bits per heavy atom. The number of carbonyl (C=O) groups excluding carboxylic acids is 1. The van der Waals surface area contributed by atoms with Crippen molar-refractivity contribution in [2.75, 3.05) is 6.61 Å². The van der Waals surface area contributed by atoms with Crippen LogP contribution in [0.25, 0.3) is 0 Å². The first-order valence-electron chi connectivity index (χ1n) is 10.8. The summed E-state index contributed by atoms with van der Waals surface area (Å²) in [5.74, 6) is 0.0530. The fraction of sp³-hybridized carbons (Fsp3) is 0.593. The summed E-state index contributed by atoms with van der Waals surface area (Å²) in [6, 6.07) is 6.32. The van der Waals surface area contributed by atoms with Gasteiger partial charge in [0.2, 0.25) is 0 Å². The summed E-state index contributed by atoms with van der Waals surface area (Å²) in [6.07, 6.45) is 5.96. The van der Waals surface area contributed by atoms with Crippen molar-refractivity contribution < 1.29 is 9.53 Å². The van der Waals surface area contributed by atoms with E-state index in [1.165, 1.54) is 22.3 Å². The Hall–Kier alpha value is -1.67. The van der Waals surface area contributed by atoms with E-state index in [4.69, 9.17) is 4.74 Å². The minimum Gasteiger partial charge on any atom is -0.366 e. The molecular formula is C27H42O2. The van der Waals surface area contributed by atoms with Gasteiger partial charge in [-0.05, 0) is 74.6 Å². The quantitative estimate of drug-likeness (QED) is 0.333. The van der Waals surface area contributed by atoms with Crippen LogP contribution in [0.5, 0.6) is 0 Å². The number of benzene rings is 1. The number of ether oxygens (including phenoxy) is 1. The highest BCUT2D eigenvalue weighted by Gasteiger charge is 2.24. The molecule has 1 aromatic rings. The Balaban J connectivity index is 2.90. The number of hydrogen-bond donors (Lipinski definition) is 0. The first-order valence-corrected chi connectivity index (χ1v) is 10.8. The van der Waals surface area contributed by atoms with Crippen molar-refractivity contribution in [1.82, 2.24) is 0 Å². The number of hydrogen-bond acceptors (Lipinski definition) is 2. The summed E-state index contributed by atoms with van der Waals surface area (Å²) in [7, 11) is 0. The third-order valence-corrected chi connectivity index (χ3v) is 5.19. The lowest BCUT2D eigenvalue weighted by Crippen LogP contribution is -2.24. The molecule has 0 N–H and O–H groups in total. The second-order valence-electron chi connectivity index (χ2n) is 10.5. The minimum absolute atomic E-state index is 0.00841. The Labute approximate surface area is 179 Å². The Morgan fingerprint density at radius 1 is 0.931 bits per heavy atom. The lowest BCUT2D eigenvalue weighted by atomic mass is 9.79. The van der Waals surface area contributed by atoms with Gasteiger partial charge in [0.15, 0.2) is 5.78 Å². The van der Waals surface area contributed by atoms with Gasteiger partial charge < -0.3 is 4.74 Å². The summed E-state index contributed by atoms with van der Waals surface area (Å²) in [6.45, 7) is 21.8. The van der Waals surface area contributed by atoms with E-state index >= 15 is 0 Å². The molecule has 0 heterocycles. The molecule has 29 heavy (non-hydrogen) atoms. The largest absolute Gasteiger partial charge is 0.366 e. The molecule has 1 rings (SSSR count). The van der Waals surface area contributed by atoms with Crippen molar-refractivity contribution in [1.29, 1.82) is 0 Å². The maximum absolute atomic E-state index is 13.1. The first-order chi connectivity index (χ1) is 13.2. The maximum Gasteiger partial charge on any atom is 0.191 e. The van der Waals surface area contributed by atoms with Crippen LogP contribution in [-0.2, 0) is 15.6 Å². The molecule has 0 amide bonds. The molecule has 0 saturated carbocycles. The zero-order valence-corrected chi connectivity index (χ0v) is 20.4. The van der Waals surface area contributed by atoms with Crippen LogP contribution >= 0.6 is 0 Å². The predicted octanol–water partition coefficient (Wildman–Crippen LogP) is 7.56.